The molecule has 3 nitrogen and oxygen atoms in total. The van der Waals surface area contributed by atoms with E-state index in [1.807, 2.05) is 18.2 Å². The monoisotopic (exact) mass is 369 g/mol. The van der Waals surface area contributed by atoms with Crippen LogP contribution in [0.2, 0.25) is 5.02 Å². The zero-order valence-corrected chi connectivity index (χ0v) is 14.8. The van der Waals surface area contributed by atoms with Crippen molar-refractivity contribution in [3.05, 3.63) is 27.7 Å². The summed E-state index contributed by atoms with van der Waals surface area (Å²) in [6, 6.07) is 5.99. The van der Waals surface area contributed by atoms with Crippen LogP contribution < -0.4 is 10.6 Å². The highest BCUT2D eigenvalue weighted by molar-refractivity contribution is 9.10. The van der Waals surface area contributed by atoms with Crippen molar-refractivity contribution in [3.63, 3.8) is 0 Å². The molecule has 2 N–H and O–H groups in total. The average molecular weight is 371 g/mol. The van der Waals surface area contributed by atoms with Crippen molar-refractivity contribution >= 4 is 39.2 Å². The number of benzene rings is 1. The van der Waals surface area contributed by atoms with Crippen LogP contribution in [0.15, 0.2) is 27.7 Å². The number of guanidine groups is 1. The lowest BCUT2D eigenvalue weighted by Gasteiger charge is -2.53. The number of aliphatic imine (C=N–C) groups is 1. The van der Waals surface area contributed by atoms with Gasteiger partial charge in [0.2, 0.25) is 0 Å². The molecule has 0 aromatic heterocycles. The van der Waals surface area contributed by atoms with Crippen molar-refractivity contribution in [3.8, 4) is 0 Å². The number of rotatable bonds is 1. The molecule has 1 spiro atoms. The number of hydrogen-bond donors (Lipinski definition) is 1. The van der Waals surface area contributed by atoms with E-state index in [0.717, 1.165) is 23.1 Å². The van der Waals surface area contributed by atoms with Crippen LogP contribution in [0.5, 0.6) is 0 Å². The van der Waals surface area contributed by atoms with Crippen LogP contribution in [-0.4, -0.2) is 18.0 Å². The Morgan fingerprint density at radius 3 is 2.67 bits per heavy atom. The van der Waals surface area contributed by atoms with E-state index in [-0.39, 0.29) is 11.0 Å². The van der Waals surface area contributed by atoms with E-state index in [4.69, 9.17) is 17.3 Å². The highest BCUT2D eigenvalue weighted by atomic mass is 79.9. The van der Waals surface area contributed by atoms with Crippen molar-refractivity contribution in [1.82, 2.24) is 0 Å². The van der Waals surface area contributed by atoms with Gasteiger partial charge in [-0.2, -0.15) is 0 Å². The Hall–Kier alpha value is -0.740. The molecule has 21 heavy (non-hydrogen) atoms. The van der Waals surface area contributed by atoms with E-state index in [0.29, 0.717) is 11.0 Å². The highest BCUT2D eigenvalue weighted by Gasteiger charge is 2.54. The molecule has 0 saturated heterocycles. The maximum Gasteiger partial charge on any atom is 0.196 e. The van der Waals surface area contributed by atoms with E-state index in [1.54, 1.807) is 0 Å². The third-order valence-corrected chi connectivity index (χ3v) is 6.44. The fraction of sp³-hybridized carbons (Fsp3) is 0.562. The molecule has 0 bridgehead atoms. The molecular formula is C16H21BrClN3. The first-order valence-corrected chi connectivity index (χ1v) is 8.60. The summed E-state index contributed by atoms with van der Waals surface area (Å²) >= 11 is 9.64. The Morgan fingerprint density at radius 1 is 1.29 bits per heavy atom. The first-order chi connectivity index (χ1) is 9.87. The van der Waals surface area contributed by atoms with Gasteiger partial charge in [-0.25, -0.2) is 0 Å². The molecule has 5 heteroatoms. The predicted octanol–water partition coefficient (Wildman–Crippen LogP) is 4.58. The Morgan fingerprint density at radius 2 is 2.00 bits per heavy atom. The van der Waals surface area contributed by atoms with E-state index >= 15 is 0 Å². The average Bonchev–Trinajstić information content (AvgIpc) is 2.76. The van der Waals surface area contributed by atoms with E-state index in [1.165, 1.54) is 19.3 Å². The second-order valence-corrected chi connectivity index (χ2v) is 7.99. The van der Waals surface area contributed by atoms with Gasteiger partial charge in [-0.15, -0.1) is 0 Å². The van der Waals surface area contributed by atoms with Crippen LogP contribution in [0.25, 0.3) is 0 Å². The fourth-order valence-corrected chi connectivity index (χ4v) is 4.32. The standard InChI is InChI=1S/C16H21BrClN3/c1-15(2)7-3-4-8-16(15)10-20-14(19)21(16)11-5-6-13(18)12(17)9-11/h5-6,9H,3-4,7-8,10H2,1-2H3,(H2,19,20). The van der Waals surface area contributed by atoms with Crippen LogP contribution in [0.3, 0.4) is 0 Å². The second-order valence-electron chi connectivity index (χ2n) is 6.73. The van der Waals surface area contributed by atoms with Gasteiger partial charge in [0.25, 0.3) is 0 Å². The molecule has 1 fully saturated rings. The van der Waals surface area contributed by atoms with Crippen LogP contribution in [-0.2, 0) is 0 Å². The summed E-state index contributed by atoms with van der Waals surface area (Å²) in [5, 5.41) is 0.713. The molecule has 1 saturated carbocycles. The maximum absolute atomic E-state index is 6.25. The molecule has 1 heterocycles. The third kappa shape index (κ3) is 2.27. The number of nitrogens with zero attached hydrogens (tertiary/aromatic N) is 2. The molecule has 1 aliphatic heterocycles. The number of anilines is 1. The van der Waals surface area contributed by atoms with Gasteiger partial charge < -0.3 is 10.6 Å². The van der Waals surface area contributed by atoms with Crippen LogP contribution in [0, 0.1) is 5.41 Å². The van der Waals surface area contributed by atoms with Crippen molar-refractivity contribution < 1.29 is 0 Å². The van der Waals surface area contributed by atoms with Gasteiger partial charge in [-0.3, -0.25) is 4.99 Å². The van der Waals surface area contributed by atoms with Gasteiger partial charge in [0.05, 0.1) is 17.1 Å². The smallest absolute Gasteiger partial charge is 0.196 e. The second kappa shape index (κ2) is 5.17. The molecule has 2 aliphatic rings. The molecule has 0 amide bonds. The topological polar surface area (TPSA) is 41.6 Å². The van der Waals surface area contributed by atoms with Gasteiger partial charge in [-0.1, -0.05) is 38.3 Å². The van der Waals surface area contributed by atoms with Crippen molar-refractivity contribution in [2.75, 3.05) is 11.4 Å². The molecule has 1 aromatic carbocycles. The third-order valence-electron chi connectivity index (χ3n) is 5.22. The predicted molar refractivity (Wildman–Crippen MR) is 93.1 cm³/mol. The van der Waals surface area contributed by atoms with E-state index < -0.39 is 0 Å². The SMILES string of the molecule is CC1(C)CCCCC12CN=C(N)N2c1ccc(Cl)c(Br)c1. The first-order valence-electron chi connectivity index (χ1n) is 7.43. The lowest BCUT2D eigenvalue weighted by molar-refractivity contribution is 0.115. The first kappa shape index (κ1) is 15.2. The zero-order valence-electron chi connectivity index (χ0n) is 12.5. The van der Waals surface area contributed by atoms with Crippen LogP contribution in [0.1, 0.15) is 39.5 Å². The summed E-state index contributed by atoms with van der Waals surface area (Å²) in [4.78, 5) is 6.83. The lowest BCUT2D eigenvalue weighted by atomic mass is 9.62. The minimum atomic E-state index is -0.0113. The van der Waals surface area contributed by atoms with Crippen molar-refractivity contribution in [2.24, 2.45) is 16.1 Å². The summed E-state index contributed by atoms with van der Waals surface area (Å²) in [5.74, 6) is 0.624. The molecule has 114 valence electrons. The normalized spacial score (nSPS) is 28.0. The van der Waals surface area contributed by atoms with E-state index in [9.17, 15) is 0 Å². The quantitative estimate of drug-likeness (QED) is 0.786. The van der Waals surface area contributed by atoms with Crippen LogP contribution >= 0.6 is 27.5 Å². The lowest BCUT2D eigenvalue weighted by Crippen LogP contribution is -2.61. The fourth-order valence-electron chi connectivity index (χ4n) is 3.84. The van der Waals surface area contributed by atoms with Gasteiger partial charge in [0, 0.05) is 10.2 Å². The minimum Gasteiger partial charge on any atom is -0.369 e. The zero-order chi connectivity index (χ0) is 15.3. The van der Waals surface area contributed by atoms with Gasteiger partial charge in [0.1, 0.15) is 0 Å². The molecule has 3 rings (SSSR count). The van der Waals surface area contributed by atoms with Crippen molar-refractivity contribution in [1.29, 1.82) is 0 Å². The molecule has 1 atom stereocenters. The number of nitrogens with two attached hydrogens (primary N) is 1. The Labute approximate surface area is 139 Å². The largest absolute Gasteiger partial charge is 0.369 e. The Bertz CT molecular complexity index is 599. The summed E-state index contributed by atoms with van der Waals surface area (Å²) in [6.45, 7) is 5.47. The molecule has 1 aromatic rings. The summed E-state index contributed by atoms with van der Waals surface area (Å²) in [5.41, 5.74) is 7.49. The summed E-state index contributed by atoms with van der Waals surface area (Å²) in [7, 11) is 0. The van der Waals surface area contributed by atoms with Gasteiger partial charge >= 0.3 is 0 Å². The number of hydrogen-bond acceptors (Lipinski definition) is 3. The van der Waals surface area contributed by atoms with Crippen molar-refractivity contribution in [2.45, 2.75) is 45.1 Å². The molecule has 1 unspecified atom stereocenters. The summed E-state index contributed by atoms with van der Waals surface area (Å²) in [6.07, 6.45) is 4.86. The van der Waals surface area contributed by atoms with E-state index in [2.05, 4.69) is 39.7 Å². The van der Waals surface area contributed by atoms with Crippen LogP contribution in [0.4, 0.5) is 5.69 Å². The van der Waals surface area contributed by atoms with Gasteiger partial charge in [0.15, 0.2) is 5.96 Å². The Kier molecular flexibility index (Phi) is 3.73. The summed E-state index contributed by atoms with van der Waals surface area (Å²) < 4.78 is 0.894. The molecule has 0 radical (unpaired) electrons. The Balaban J connectivity index is 2.08. The molecule has 1 aliphatic carbocycles. The minimum absolute atomic E-state index is 0.0113. The molecular weight excluding hydrogens is 350 g/mol. The maximum atomic E-state index is 6.25. The highest BCUT2D eigenvalue weighted by Crippen LogP contribution is 2.51. The number of halogens is 2. The van der Waals surface area contributed by atoms with Gasteiger partial charge in [-0.05, 0) is 52.4 Å².